The van der Waals surface area contributed by atoms with E-state index in [0.29, 0.717) is 11.3 Å². The number of nitrogens with one attached hydrogen (secondary N) is 1. The number of carbonyl (C=O) groups excluding carboxylic acids is 2. The second-order valence-electron chi connectivity index (χ2n) is 9.66. The SMILES string of the molecule is CC(=O)O[C@H](C)OC(=O)NC(Cc1cccc(S(=O)(=O)N2CC(Oc3ccc(F)cc3)(c3ccccc3)C2)c1)C(=O)O. The molecule has 2 N–H and O–H groups in total. The van der Waals surface area contributed by atoms with Gasteiger partial charge in [-0.05, 0) is 47.5 Å². The van der Waals surface area contributed by atoms with Crippen LogP contribution in [-0.2, 0) is 41.1 Å². The molecule has 2 atom stereocenters. The summed E-state index contributed by atoms with van der Waals surface area (Å²) in [4.78, 5) is 34.8. The minimum atomic E-state index is -4.02. The largest absolute Gasteiger partial charge is 0.480 e. The van der Waals surface area contributed by atoms with Crippen LogP contribution >= 0.6 is 0 Å². The number of hydrogen-bond donors (Lipinski definition) is 2. The van der Waals surface area contributed by atoms with Crippen LogP contribution in [0.5, 0.6) is 5.75 Å². The van der Waals surface area contributed by atoms with Gasteiger partial charge in [0.05, 0.1) is 18.0 Å². The molecule has 1 unspecified atom stereocenters. The zero-order chi connectivity index (χ0) is 30.5. The van der Waals surface area contributed by atoms with Crippen LogP contribution in [0.15, 0.2) is 83.8 Å². The number of carboxylic acid groups (broad SMARTS) is 1. The summed E-state index contributed by atoms with van der Waals surface area (Å²) in [6.45, 7) is 2.37. The second kappa shape index (κ2) is 12.6. The summed E-state index contributed by atoms with van der Waals surface area (Å²) in [5.74, 6) is -2.11. The minimum Gasteiger partial charge on any atom is -0.480 e. The average molecular weight is 601 g/mol. The van der Waals surface area contributed by atoms with Gasteiger partial charge in [-0.15, -0.1) is 0 Å². The van der Waals surface area contributed by atoms with E-state index in [0.717, 1.165) is 12.5 Å². The molecule has 11 nitrogen and oxygen atoms in total. The van der Waals surface area contributed by atoms with E-state index in [9.17, 15) is 32.3 Å². The number of sulfonamides is 1. The molecule has 1 amide bonds. The second-order valence-corrected chi connectivity index (χ2v) is 11.6. The zero-order valence-electron chi connectivity index (χ0n) is 22.7. The highest BCUT2D eigenvalue weighted by atomic mass is 32.2. The highest BCUT2D eigenvalue weighted by Crippen LogP contribution is 2.40. The van der Waals surface area contributed by atoms with Gasteiger partial charge in [-0.25, -0.2) is 22.4 Å². The van der Waals surface area contributed by atoms with Crippen molar-refractivity contribution in [3.05, 3.63) is 95.8 Å². The van der Waals surface area contributed by atoms with Crippen LogP contribution in [0, 0.1) is 5.82 Å². The zero-order valence-corrected chi connectivity index (χ0v) is 23.5. The van der Waals surface area contributed by atoms with Crippen molar-refractivity contribution < 1.29 is 46.5 Å². The number of carboxylic acids is 1. The van der Waals surface area contributed by atoms with Crippen molar-refractivity contribution in [2.75, 3.05) is 13.1 Å². The summed E-state index contributed by atoms with van der Waals surface area (Å²) in [6.07, 6.45) is -2.62. The van der Waals surface area contributed by atoms with Gasteiger partial charge in [0, 0.05) is 20.3 Å². The Balaban J connectivity index is 1.49. The monoisotopic (exact) mass is 600 g/mol. The molecule has 3 aromatic rings. The fraction of sp³-hybridized carbons (Fsp3) is 0.276. The van der Waals surface area contributed by atoms with Crippen molar-refractivity contribution in [2.45, 2.75) is 43.1 Å². The van der Waals surface area contributed by atoms with Crippen molar-refractivity contribution in [1.82, 2.24) is 9.62 Å². The van der Waals surface area contributed by atoms with Gasteiger partial charge in [-0.2, -0.15) is 4.31 Å². The lowest BCUT2D eigenvalue weighted by molar-refractivity contribution is -0.162. The first-order valence-electron chi connectivity index (χ1n) is 12.8. The molecular formula is C29H29FN2O9S. The fourth-order valence-electron chi connectivity index (χ4n) is 4.47. The van der Waals surface area contributed by atoms with Crippen LogP contribution in [0.1, 0.15) is 25.0 Å². The Hall–Kier alpha value is -4.49. The van der Waals surface area contributed by atoms with Crippen LogP contribution < -0.4 is 10.1 Å². The van der Waals surface area contributed by atoms with Crippen LogP contribution in [0.2, 0.25) is 0 Å². The van der Waals surface area contributed by atoms with Crippen molar-refractivity contribution in [3.8, 4) is 5.75 Å². The average Bonchev–Trinajstić information content (AvgIpc) is 2.91. The van der Waals surface area contributed by atoms with Crippen molar-refractivity contribution >= 4 is 28.1 Å². The summed E-state index contributed by atoms with van der Waals surface area (Å²) >= 11 is 0. The Labute approximate surface area is 241 Å². The highest BCUT2D eigenvalue weighted by molar-refractivity contribution is 7.89. The van der Waals surface area contributed by atoms with Crippen LogP contribution in [0.4, 0.5) is 9.18 Å². The molecule has 0 bridgehead atoms. The molecule has 1 fully saturated rings. The molecule has 1 saturated heterocycles. The molecular weight excluding hydrogens is 571 g/mol. The van der Waals surface area contributed by atoms with Crippen molar-refractivity contribution in [2.24, 2.45) is 0 Å². The number of nitrogens with zero attached hydrogens (tertiary/aromatic N) is 1. The predicted molar refractivity (Wildman–Crippen MR) is 146 cm³/mol. The van der Waals surface area contributed by atoms with Gasteiger partial charge in [-0.1, -0.05) is 42.5 Å². The molecule has 13 heteroatoms. The smallest absolute Gasteiger partial charge is 0.410 e. The molecule has 1 aliphatic rings. The maximum Gasteiger partial charge on any atom is 0.410 e. The Kier molecular flexibility index (Phi) is 9.12. The number of alkyl carbamates (subject to hydrolysis) is 1. The van der Waals surface area contributed by atoms with Crippen LogP contribution in [0.25, 0.3) is 0 Å². The lowest BCUT2D eigenvalue weighted by atomic mass is 9.87. The van der Waals surface area contributed by atoms with Crippen LogP contribution in [0.3, 0.4) is 0 Å². The molecule has 42 heavy (non-hydrogen) atoms. The van der Waals surface area contributed by atoms with Gasteiger partial charge in [0.15, 0.2) is 5.60 Å². The third-order valence-electron chi connectivity index (χ3n) is 6.46. The Bertz CT molecular complexity index is 1540. The standard InChI is InChI=1S/C29H29FN2O9S/c1-19(33)39-20(2)40-28(36)31-26(27(34)35)16-21-7-6-10-25(15-21)42(37,38)32-17-29(18-32,22-8-4-3-5-9-22)41-24-13-11-23(30)12-14-24/h3-15,20,26H,16-18H2,1-2H3,(H,31,36)(H,34,35)/t20-,26?/m0/s1. The number of amides is 1. The van der Waals surface area contributed by atoms with E-state index in [-0.39, 0.29) is 24.4 Å². The van der Waals surface area contributed by atoms with Gasteiger partial charge in [0.1, 0.15) is 17.6 Å². The highest BCUT2D eigenvalue weighted by Gasteiger charge is 2.52. The third kappa shape index (κ3) is 7.22. The molecule has 0 spiro atoms. The maximum atomic E-state index is 13.6. The molecule has 4 rings (SSSR count). The quantitative estimate of drug-likeness (QED) is 0.249. The lowest BCUT2D eigenvalue weighted by Crippen LogP contribution is -2.64. The minimum absolute atomic E-state index is 0.0212. The van der Waals surface area contributed by atoms with Crippen molar-refractivity contribution in [3.63, 3.8) is 0 Å². The third-order valence-corrected chi connectivity index (χ3v) is 8.25. The van der Waals surface area contributed by atoms with Gasteiger partial charge >= 0.3 is 18.0 Å². The molecule has 0 saturated carbocycles. The normalized spacial score (nSPS) is 15.9. The molecule has 3 aromatic carbocycles. The first-order valence-corrected chi connectivity index (χ1v) is 14.3. The Morgan fingerprint density at radius 3 is 2.29 bits per heavy atom. The van der Waals surface area contributed by atoms with Gasteiger partial charge in [0.25, 0.3) is 0 Å². The number of carbonyl (C=O) groups is 3. The number of halogens is 1. The maximum absolute atomic E-state index is 13.6. The molecule has 0 radical (unpaired) electrons. The summed E-state index contributed by atoms with van der Waals surface area (Å²) in [6, 6.07) is 18.8. The van der Waals surface area contributed by atoms with Gasteiger partial charge < -0.3 is 24.6 Å². The van der Waals surface area contributed by atoms with Gasteiger partial charge in [0.2, 0.25) is 16.3 Å². The first kappa shape index (κ1) is 30.5. The molecule has 0 aromatic heterocycles. The molecule has 222 valence electrons. The summed E-state index contributed by atoms with van der Waals surface area (Å²) in [5, 5.41) is 11.8. The predicted octanol–water partition coefficient (Wildman–Crippen LogP) is 3.44. The number of esters is 1. The number of benzene rings is 3. The van der Waals surface area contributed by atoms with E-state index in [1.165, 1.54) is 59.8 Å². The number of aliphatic carboxylic acids is 1. The topological polar surface area (TPSA) is 149 Å². The van der Waals surface area contributed by atoms with Crippen molar-refractivity contribution in [1.29, 1.82) is 0 Å². The number of rotatable bonds is 11. The van der Waals surface area contributed by atoms with E-state index >= 15 is 0 Å². The first-order chi connectivity index (χ1) is 19.9. The van der Waals surface area contributed by atoms with Crippen LogP contribution in [-0.4, -0.2) is 61.3 Å². The fourth-order valence-corrected chi connectivity index (χ4v) is 6.08. The van der Waals surface area contributed by atoms with E-state index in [1.54, 1.807) is 0 Å². The summed E-state index contributed by atoms with van der Waals surface area (Å²) in [7, 11) is -4.02. The van der Waals surface area contributed by atoms with Gasteiger partial charge in [-0.3, -0.25) is 4.79 Å². The Morgan fingerprint density at radius 1 is 1.00 bits per heavy atom. The van der Waals surface area contributed by atoms with E-state index in [2.05, 4.69) is 10.1 Å². The summed E-state index contributed by atoms with van der Waals surface area (Å²) in [5.41, 5.74) is 0.0696. The molecule has 1 heterocycles. The van der Waals surface area contributed by atoms with E-state index in [1.807, 2.05) is 30.3 Å². The van der Waals surface area contributed by atoms with E-state index < -0.39 is 51.8 Å². The number of hydrogen-bond acceptors (Lipinski definition) is 8. The summed E-state index contributed by atoms with van der Waals surface area (Å²) < 4.78 is 57.5. The van der Waals surface area contributed by atoms with E-state index in [4.69, 9.17) is 9.47 Å². The number of ether oxygens (including phenoxy) is 3. The molecule has 1 aliphatic heterocycles. The lowest BCUT2D eigenvalue weighted by Gasteiger charge is -2.48. The Morgan fingerprint density at radius 2 is 1.67 bits per heavy atom. The molecule has 0 aliphatic carbocycles.